The van der Waals surface area contributed by atoms with Crippen LogP contribution in [0.4, 0.5) is 5.69 Å². The van der Waals surface area contributed by atoms with E-state index >= 15 is 0 Å². The molecule has 4 aliphatic rings. The van der Waals surface area contributed by atoms with E-state index in [1.165, 1.54) is 4.90 Å². The van der Waals surface area contributed by atoms with E-state index < -0.39 is 17.4 Å². The van der Waals surface area contributed by atoms with Crippen molar-refractivity contribution in [3.05, 3.63) is 64.7 Å². The van der Waals surface area contributed by atoms with Crippen molar-refractivity contribution in [3.63, 3.8) is 0 Å². The molecule has 6 heteroatoms. The van der Waals surface area contributed by atoms with Gasteiger partial charge in [0, 0.05) is 17.3 Å². The smallest absolute Gasteiger partial charge is 0.250 e. The van der Waals surface area contributed by atoms with Gasteiger partial charge in [0.25, 0.3) is 0 Å². The predicted molar refractivity (Wildman–Crippen MR) is 115 cm³/mol. The molecule has 6 nitrogen and oxygen atoms in total. The van der Waals surface area contributed by atoms with E-state index in [9.17, 15) is 14.4 Å². The highest BCUT2D eigenvalue weighted by Crippen LogP contribution is 2.60. The highest BCUT2D eigenvalue weighted by Gasteiger charge is 2.74. The number of amides is 3. The Morgan fingerprint density at radius 3 is 2.58 bits per heavy atom. The van der Waals surface area contributed by atoms with Crippen molar-refractivity contribution in [2.45, 2.75) is 44.8 Å². The number of carbonyl (C=O) groups excluding carboxylic acids is 3. The molecule has 2 aromatic rings. The molecule has 6 rings (SSSR count). The van der Waals surface area contributed by atoms with Gasteiger partial charge < -0.3 is 5.32 Å². The van der Waals surface area contributed by atoms with E-state index in [1.54, 1.807) is 0 Å². The quantitative estimate of drug-likeness (QED) is 0.766. The molecule has 0 aromatic heterocycles. The fourth-order valence-electron chi connectivity index (χ4n) is 6.50. The van der Waals surface area contributed by atoms with E-state index in [2.05, 4.69) is 10.2 Å². The standard InChI is InChI=1S/C25H25N3O3/c1-14-10-11-17-21(15(14)2)26-24(31)25(17)20-19(18-9-6-12-28(18)25)22(29)27(23(20)30)13-16-7-4-3-5-8-16/h3-5,7-8,10-11,18-20H,6,9,12-13H2,1-2H3,(H,26,31)/t18-,19-,20-,25+/m1/s1. The van der Waals surface area contributed by atoms with Crippen LogP contribution in [0.15, 0.2) is 42.5 Å². The average Bonchev–Trinajstić information content (AvgIpc) is 3.47. The van der Waals surface area contributed by atoms with Crippen molar-refractivity contribution >= 4 is 23.4 Å². The number of nitrogens with one attached hydrogen (secondary N) is 1. The maximum Gasteiger partial charge on any atom is 0.250 e. The van der Waals surface area contributed by atoms with Crippen LogP contribution >= 0.6 is 0 Å². The van der Waals surface area contributed by atoms with Gasteiger partial charge in [0.05, 0.1) is 18.4 Å². The van der Waals surface area contributed by atoms with E-state index in [1.807, 2.05) is 56.3 Å². The van der Waals surface area contributed by atoms with Crippen LogP contribution in [0.1, 0.15) is 35.1 Å². The molecular weight excluding hydrogens is 390 g/mol. The number of hydrogen-bond donors (Lipinski definition) is 1. The lowest BCUT2D eigenvalue weighted by Gasteiger charge is -2.36. The Bertz CT molecular complexity index is 1140. The van der Waals surface area contributed by atoms with Gasteiger partial charge in [0.15, 0.2) is 0 Å². The third-order valence-corrected chi connectivity index (χ3v) is 7.97. The molecule has 1 N–H and O–H groups in total. The summed E-state index contributed by atoms with van der Waals surface area (Å²) in [5.74, 6) is -1.63. The Hall–Kier alpha value is -2.99. The fraction of sp³-hybridized carbons (Fsp3) is 0.400. The predicted octanol–water partition coefficient (Wildman–Crippen LogP) is 2.73. The molecule has 4 aliphatic heterocycles. The zero-order valence-electron chi connectivity index (χ0n) is 17.7. The number of likely N-dealkylation sites (tertiary alicyclic amines) is 1. The maximum absolute atomic E-state index is 13.8. The van der Waals surface area contributed by atoms with Crippen LogP contribution in [0.2, 0.25) is 0 Å². The number of imide groups is 1. The van der Waals surface area contributed by atoms with E-state index in [0.717, 1.165) is 47.3 Å². The molecule has 3 amide bonds. The van der Waals surface area contributed by atoms with Crippen LogP contribution in [0.5, 0.6) is 0 Å². The highest BCUT2D eigenvalue weighted by molar-refractivity contribution is 6.15. The minimum absolute atomic E-state index is 0.0690. The summed E-state index contributed by atoms with van der Waals surface area (Å²) in [5, 5.41) is 3.10. The van der Waals surface area contributed by atoms with Crippen molar-refractivity contribution in [3.8, 4) is 0 Å². The number of nitrogens with zero attached hydrogens (tertiary/aromatic N) is 2. The first-order valence-electron chi connectivity index (χ1n) is 11.0. The van der Waals surface area contributed by atoms with Gasteiger partial charge >= 0.3 is 0 Å². The topological polar surface area (TPSA) is 69.7 Å². The van der Waals surface area contributed by atoms with Gasteiger partial charge in [-0.2, -0.15) is 0 Å². The van der Waals surface area contributed by atoms with Crippen LogP contribution in [0, 0.1) is 25.7 Å². The molecule has 158 valence electrons. The number of anilines is 1. The van der Waals surface area contributed by atoms with Crippen LogP contribution < -0.4 is 5.32 Å². The Balaban J connectivity index is 1.51. The lowest BCUT2D eigenvalue weighted by molar-refractivity contribution is -0.146. The van der Waals surface area contributed by atoms with E-state index in [0.29, 0.717) is 0 Å². The second-order valence-electron chi connectivity index (χ2n) is 9.31. The first-order valence-corrected chi connectivity index (χ1v) is 11.0. The second-order valence-corrected chi connectivity index (χ2v) is 9.31. The molecule has 2 aromatic carbocycles. The Morgan fingerprint density at radius 2 is 1.81 bits per heavy atom. The van der Waals surface area contributed by atoms with Crippen molar-refractivity contribution in [1.29, 1.82) is 0 Å². The van der Waals surface area contributed by atoms with E-state index in [-0.39, 0.29) is 30.3 Å². The molecular formula is C25H25N3O3. The fourth-order valence-corrected chi connectivity index (χ4v) is 6.50. The summed E-state index contributed by atoms with van der Waals surface area (Å²) in [7, 11) is 0. The highest BCUT2D eigenvalue weighted by atomic mass is 16.2. The summed E-state index contributed by atoms with van der Waals surface area (Å²) >= 11 is 0. The maximum atomic E-state index is 13.8. The molecule has 1 spiro atoms. The van der Waals surface area contributed by atoms with Crippen molar-refractivity contribution < 1.29 is 14.4 Å². The zero-order chi connectivity index (χ0) is 21.5. The minimum Gasteiger partial charge on any atom is -0.324 e. The van der Waals surface area contributed by atoms with Gasteiger partial charge in [-0.25, -0.2) is 0 Å². The van der Waals surface area contributed by atoms with Gasteiger partial charge in [-0.15, -0.1) is 0 Å². The third kappa shape index (κ3) is 2.18. The molecule has 0 bridgehead atoms. The van der Waals surface area contributed by atoms with Crippen LogP contribution in [0.25, 0.3) is 0 Å². The van der Waals surface area contributed by atoms with Crippen LogP contribution in [-0.2, 0) is 26.5 Å². The summed E-state index contributed by atoms with van der Waals surface area (Å²) in [4.78, 5) is 44.6. The first-order chi connectivity index (χ1) is 15.0. The molecule has 31 heavy (non-hydrogen) atoms. The van der Waals surface area contributed by atoms with Gasteiger partial charge in [0.1, 0.15) is 5.54 Å². The summed E-state index contributed by atoms with van der Waals surface area (Å²) in [6.45, 7) is 5.02. The van der Waals surface area contributed by atoms with Crippen LogP contribution in [-0.4, -0.2) is 40.1 Å². The summed E-state index contributed by atoms with van der Waals surface area (Å²) < 4.78 is 0. The lowest BCUT2D eigenvalue weighted by atomic mass is 9.75. The molecule has 3 fully saturated rings. The largest absolute Gasteiger partial charge is 0.324 e. The van der Waals surface area contributed by atoms with Crippen molar-refractivity contribution in [1.82, 2.24) is 9.80 Å². The molecule has 4 heterocycles. The van der Waals surface area contributed by atoms with Gasteiger partial charge in [-0.05, 0) is 49.9 Å². The summed E-state index contributed by atoms with van der Waals surface area (Å²) in [6.07, 6.45) is 1.78. The monoisotopic (exact) mass is 415 g/mol. The number of benzene rings is 2. The SMILES string of the molecule is Cc1ccc2c(c1C)NC(=O)[C@@]21[C@H]2C(=O)N(Cc3ccccc3)C(=O)[C@@H]2[C@H]2CCCN21. The van der Waals surface area contributed by atoms with Crippen molar-refractivity contribution in [2.24, 2.45) is 11.8 Å². The Morgan fingerprint density at radius 1 is 1.03 bits per heavy atom. The molecule has 0 aliphatic carbocycles. The van der Waals surface area contributed by atoms with Gasteiger partial charge in [-0.3, -0.25) is 24.2 Å². The van der Waals surface area contributed by atoms with Crippen LogP contribution in [0.3, 0.4) is 0 Å². The zero-order valence-corrected chi connectivity index (χ0v) is 17.7. The van der Waals surface area contributed by atoms with Gasteiger partial charge in [0.2, 0.25) is 17.7 Å². The molecule has 0 radical (unpaired) electrons. The number of aryl methyl sites for hydroxylation is 1. The average molecular weight is 415 g/mol. The molecule has 4 atom stereocenters. The molecule has 0 saturated carbocycles. The van der Waals surface area contributed by atoms with Crippen molar-refractivity contribution in [2.75, 3.05) is 11.9 Å². The second kappa shape index (κ2) is 6.26. The number of carbonyl (C=O) groups is 3. The Labute approximate surface area is 181 Å². The molecule has 3 saturated heterocycles. The normalized spacial score (nSPS) is 31.4. The Kier molecular flexibility index (Phi) is 3.79. The number of rotatable bonds is 2. The van der Waals surface area contributed by atoms with E-state index in [4.69, 9.17) is 0 Å². The summed E-state index contributed by atoms with van der Waals surface area (Å²) in [5.41, 5.74) is 3.64. The molecule has 0 unspecified atom stereocenters. The van der Waals surface area contributed by atoms with Gasteiger partial charge in [-0.1, -0.05) is 42.5 Å². The number of hydrogen-bond acceptors (Lipinski definition) is 4. The minimum atomic E-state index is -1.09. The lowest BCUT2D eigenvalue weighted by Crippen LogP contribution is -2.54. The first kappa shape index (κ1) is 18.8. The summed E-state index contributed by atoms with van der Waals surface area (Å²) in [6, 6.07) is 13.5. The number of fused-ring (bicyclic) bond motifs is 7. The third-order valence-electron chi connectivity index (χ3n) is 7.97.